The molecule has 1 aromatic carbocycles. The molecular weight excluding hydrogens is 316 g/mol. The number of phenolic OH excluding ortho intramolecular Hbond substituents is 1. The lowest BCUT2D eigenvalue weighted by atomic mass is 10.1. The largest absolute Gasteiger partial charge is 0.508 e. The molecule has 0 aliphatic carbocycles. The van der Waals surface area contributed by atoms with E-state index in [0.29, 0.717) is 13.1 Å². The van der Waals surface area contributed by atoms with Crippen LogP contribution in [0.4, 0.5) is 0 Å². The molecule has 0 bridgehead atoms. The standard InChI is InChI=1S/C20H22N2O3/c23-18-6-1-4-16(12-18)8-9-20(24)22(15-19-7-3-11-25-19)14-17-5-2-10-21-13-17/h1-2,4-6,8-10,12-13,19,23H,3,7,11,14-15H2. The maximum absolute atomic E-state index is 12.7. The molecule has 2 aromatic rings. The summed E-state index contributed by atoms with van der Waals surface area (Å²) in [6.07, 6.45) is 8.86. The summed E-state index contributed by atoms with van der Waals surface area (Å²) in [7, 11) is 0. The zero-order valence-corrected chi connectivity index (χ0v) is 14.0. The van der Waals surface area contributed by atoms with Gasteiger partial charge in [-0.2, -0.15) is 0 Å². The number of carbonyl (C=O) groups excluding carboxylic acids is 1. The van der Waals surface area contributed by atoms with Gasteiger partial charge in [-0.3, -0.25) is 9.78 Å². The van der Waals surface area contributed by atoms with Crippen LogP contribution in [0.25, 0.3) is 6.08 Å². The van der Waals surface area contributed by atoms with Gasteiger partial charge in [0.05, 0.1) is 6.10 Å². The second-order valence-electron chi connectivity index (χ2n) is 6.14. The number of ether oxygens (including phenoxy) is 1. The van der Waals surface area contributed by atoms with Gasteiger partial charge in [0.25, 0.3) is 0 Å². The predicted octanol–water partition coefficient (Wildman–Crippen LogP) is 3.01. The Hall–Kier alpha value is -2.66. The second kappa shape index (κ2) is 8.44. The van der Waals surface area contributed by atoms with Crippen LogP contribution in [0.5, 0.6) is 5.75 Å². The van der Waals surface area contributed by atoms with Gasteiger partial charge in [-0.1, -0.05) is 18.2 Å². The number of amides is 1. The maximum Gasteiger partial charge on any atom is 0.246 e. The maximum atomic E-state index is 12.7. The molecule has 1 amide bonds. The van der Waals surface area contributed by atoms with Gasteiger partial charge in [-0.15, -0.1) is 0 Å². The SMILES string of the molecule is O=C(C=Cc1cccc(O)c1)N(Cc1cccnc1)CC1CCCO1. The molecule has 5 heteroatoms. The fraction of sp³-hybridized carbons (Fsp3) is 0.300. The summed E-state index contributed by atoms with van der Waals surface area (Å²) in [6, 6.07) is 10.6. The number of phenols is 1. The minimum Gasteiger partial charge on any atom is -0.508 e. The van der Waals surface area contributed by atoms with Gasteiger partial charge in [0.15, 0.2) is 0 Å². The predicted molar refractivity (Wildman–Crippen MR) is 95.8 cm³/mol. The van der Waals surface area contributed by atoms with Gasteiger partial charge in [-0.25, -0.2) is 0 Å². The first-order valence-electron chi connectivity index (χ1n) is 8.47. The Bertz CT molecular complexity index is 725. The van der Waals surface area contributed by atoms with E-state index in [-0.39, 0.29) is 17.8 Å². The van der Waals surface area contributed by atoms with Crippen molar-refractivity contribution in [1.82, 2.24) is 9.88 Å². The molecule has 1 unspecified atom stereocenters. The third kappa shape index (κ3) is 5.16. The normalized spacial score (nSPS) is 17.0. The van der Waals surface area contributed by atoms with Crippen molar-refractivity contribution in [2.75, 3.05) is 13.2 Å². The first kappa shape index (κ1) is 17.2. The van der Waals surface area contributed by atoms with E-state index in [9.17, 15) is 9.90 Å². The lowest BCUT2D eigenvalue weighted by Crippen LogP contribution is -2.35. The molecule has 25 heavy (non-hydrogen) atoms. The molecule has 130 valence electrons. The molecule has 1 N–H and O–H groups in total. The van der Waals surface area contributed by atoms with Gasteiger partial charge in [0.2, 0.25) is 5.91 Å². The third-order valence-corrected chi connectivity index (χ3v) is 4.14. The molecule has 1 fully saturated rings. The van der Waals surface area contributed by atoms with Crippen molar-refractivity contribution in [3.05, 3.63) is 66.0 Å². The van der Waals surface area contributed by atoms with Crippen LogP contribution in [0, 0.1) is 0 Å². The van der Waals surface area contributed by atoms with Gasteiger partial charge < -0.3 is 14.7 Å². The number of rotatable bonds is 6. The minimum absolute atomic E-state index is 0.0808. The highest BCUT2D eigenvalue weighted by Crippen LogP contribution is 2.16. The quantitative estimate of drug-likeness (QED) is 0.823. The van der Waals surface area contributed by atoms with Crippen LogP contribution in [-0.4, -0.2) is 40.2 Å². The Morgan fingerprint density at radius 2 is 2.28 bits per heavy atom. The lowest BCUT2D eigenvalue weighted by Gasteiger charge is -2.24. The van der Waals surface area contributed by atoms with Crippen LogP contribution in [0.15, 0.2) is 54.9 Å². The summed E-state index contributed by atoms with van der Waals surface area (Å²) in [5.74, 6) is 0.101. The summed E-state index contributed by atoms with van der Waals surface area (Å²) in [5.41, 5.74) is 1.77. The molecule has 0 radical (unpaired) electrons. The average Bonchev–Trinajstić information content (AvgIpc) is 3.13. The van der Waals surface area contributed by atoms with E-state index in [4.69, 9.17) is 4.74 Å². The molecule has 1 aliphatic heterocycles. The van der Waals surface area contributed by atoms with Crippen molar-refractivity contribution < 1.29 is 14.6 Å². The number of benzene rings is 1. The summed E-state index contributed by atoms with van der Waals surface area (Å²) in [4.78, 5) is 18.6. The van der Waals surface area contributed by atoms with Crippen molar-refractivity contribution in [3.8, 4) is 5.75 Å². The van der Waals surface area contributed by atoms with Crippen LogP contribution in [0.3, 0.4) is 0 Å². The average molecular weight is 338 g/mol. The highest BCUT2D eigenvalue weighted by Gasteiger charge is 2.21. The molecule has 0 spiro atoms. The van der Waals surface area contributed by atoms with Crippen molar-refractivity contribution in [2.45, 2.75) is 25.5 Å². The fourth-order valence-electron chi connectivity index (χ4n) is 2.88. The van der Waals surface area contributed by atoms with Crippen molar-refractivity contribution in [1.29, 1.82) is 0 Å². The second-order valence-corrected chi connectivity index (χ2v) is 6.14. The highest BCUT2D eigenvalue weighted by atomic mass is 16.5. The monoisotopic (exact) mass is 338 g/mol. The van der Waals surface area contributed by atoms with E-state index in [0.717, 1.165) is 30.6 Å². The van der Waals surface area contributed by atoms with E-state index in [1.807, 2.05) is 18.2 Å². The number of aromatic hydroxyl groups is 1. The van der Waals surface area contributed by atoms with E-state index >= 15 is 0 Å². The highest BCUT2D eigenvalue weighted by molar-refractivity contribution is 5.91. The number of aromatic nitrogens is 1. The number of nitrogens with zero attached hydrogens (tertiary/aromatic N) is 2. The molecule has 0 saturated carbocycles. The van der Waals surface area contributed by atoms with Crippen LogP contribution >= 0.6 is 0 Å². The molecule has 1 aliphatic rings. The number of pyridine rings is 1. The van der Waals surface area contributed by atoms with Crippen LogP contribution < -0.4 is 0 Å². The first-order valence-corrected chi connectivity index (χ1v) is 8.47. The zero-order chi connectivity index (χ0) is 17.5. The number of hydrogen-bond acceptors (Lipinski definition) is 4. The summed E-state index contributed by atoms with van der Waals surface area (Å²) in [6.45, 7) is 1.83. The van der Waals surface area contributed by atoms with Gasteiger partial charge in [0, 0.05) is 38.2 Å². The Labute approximate surface area is 147 Å². The van der Waals surface area contributed by atoms with Crippen molar-refractivity contribution in [2.24, 2.45) is 0 Å². The molecule has 1 atom stereocenters. The number of hydrogen-bond donors (Lipinski definition) is 1. The van der Waals surface area contributed by atoms with Gasteiger partial charge in [-0.05, 0) is 48.2 Å². The van der Waals surface area contributed by atoms with E-state index in [1.54, 1.807) is 47.6 Å². The fourth-order valence-corrected chi connectivity index (χ4v) is 2.88. The Kier molecular flexibility index (Phi) is 5.80. The summed E-state index contributed by atoms with van der Waals surface area (Å²) >= 11 is 0. The van der Waals surface area contributed by atoms with Gasteiger partial charge >= 0.3 is 0 Å². The van der Waals surface area contributed by atoms with Crippen LogP contribution in [-0.2, 0) is 16.1 Å². The zero-order valence-electron chi connectivity index (χ0n) is 14.0. The Balaban J connectivity index is 1.71. The molecule has 5 nitrogen and oxygen atoms in total. The molecule has 1 saturated heterocycles. The Morgan fingerprint density at radius 1 is 1.36 bits per heavy atom. The van der Waals surface area contributed by atoms with Crippen molar-refractivity contribution in [3.63, 3.8) is 0 Å². The summed E-state index contributed by atoms with van der Waals surface area (Å²) < 4.78 is 5.68. The van der Waals surface area contributed by atoms with Crippen molar-refractivity contribution >= 4 is 12.0 Å². The smallest absolute Gasteiger partial charge is 0.246 e. The van der Waals surface area contributed by atoms with E-state index in [2.05, 4.69) is 4.98 Å². The number of carbonyl (C=O) groups is 1. The summed E-state index contributed by atoms with van der Waals surface area (Å²) in [5, 5.41) is 9.52. The topological polar surface area (TPSA) is 62.7 Å². The minimum atomic E-state index is -0.0808. The van der Waals surface area contributed by atoms with E-state index < -0.39 is 0 Å². The molecular formula is C20H22N2O3. The Morgan fingerprint density at radius 3 is 3.00 bits per heavy atom. The van der Waals surface area contributed by atoms with Crippen LogP contribution in [0.2, 0.25) is 0 Å². The third-order valence-electron chi connectivity index (χ3n) is 4.14. The van der Waals surface area contributed by atoms with Gasteiger partial charge in [0.1, 0.15) is 5.75 Å². The first-order chi connectivity index (χ1) is 12.2. The van der Waals surface area contributed by atoms with E-state index in [1.165, 1.54) is 0 Å². The molecule has 1 aromatic heterocycles. The molecule has 3 rings (SSSR count). The molecule has 2 heterocycles. The van der Waals surface area contributed by atoms with Crippen LogP contribution in [0.1, 0.15) is 24.0 Å². The lowest BCUT2D eigenvalue weighted by molar-refractivity contribution is -0.128.